The Bertz CT molecular complexity index is 80.6. The van der Waals surface area contributed by atoms with Gasteiger partial charge in [-0.1, -0.05) is 13.8 Å². The Hall–Kier alpha value is -0.530. The lowest BCUT2D eigenvalue weighted by Gasteiger charge is -2.01. The summed E-state index contributed by atoms with van der Waals surface area (Å²) in [6.07, 6.45) is 2.73. The van der Waals surface area contributed by atoms with E-state index in [2.05, 4.69) is 0 Å². The van der Waals surface area contributed by atoms with Crippen LogP contribution >= 0.6 is 0 Å². The third kappa shape index (κ3) is 2.61. The van der Waals surface area contributed by atoms with Gasteiger partial charge in [-0.2, -0.15) is 0 Å². The molecule has 0 heterocycles. The topological polar surface area (TPSA) is 43.1 Å². The molecule has 8 heavy (non-hydrogen) atoms. The van der Waals surface area contributed by atoms with Gasteiger partial charge >= 0.3 is 0 Å². The van der Waals surface area contributed by atoms with Crippen molar-refractivity contribution in [2.45, 2.75) is 20.3 Å². The second-order valence-electron chi connectivity index (χ2n) is 1.95. The maximum absolute atomic E-state index is 10.3. The molecular weight excluding hydrogens is 102 g/mol. The molecule has 0 saturated heterocycles. The first-order chi connectivity index (χ1) is 3.68. The number of primary amides is 1. The molecule has 0 spiro atoms. The van der Waals surface area contributed by atoms with Crippen molar-refractivity contribution in [3.8, 4) is 0 Å². The van der Waals surface area contributed by atoms with Crippen LogP contribution in [0.4, 0.5) is 0 Å². The first-order valence-electron chi connectivity index (χ1n) is 2.75. The number of carbonyl (C=O) groups excluding carboxylic acids is 1. The van der Waals surface area contributed by atoms with Crippen molar-refractivity contribution in [1.82, 2.24) is 0 Å². The first kappa shape index (κ1) is 7.47. The molecule has 1 amide bonds. The summed E-state index contributed by atoms with van der Waals surface area (Å²) in [6.45, 7) is 3.74. The highest BCUT2D eigenvalue weighted by atomic mass is 16.1. The van der Waals surface area contributed by atoms with Gasteiger partial charge in [-0.3, -0.25) is 4.79 Å². The van der Waals surface area contributed by atoms with Crippen LogP contribution in [0.3, 0.4) is 0 Å². The van der Waals surface area contributed by atoms with Gasteiger partial charge in [-0.05, 0) is 12.8 Å². The van der Waals surface area contributed by atoms with Crippen LogP contribution in [0.5, 0.6) is 0 Å². The third-order valence-corrected chi connectivity index (χ3v) is 1.07. The maximum Gasteiger partial charge on any atom is 0.220 e. The minimum absolute atomic E-state index is 0.000000000000000222. The lowest BCUT2D eigenvalue weighted by molar-refractivity contribution is -0.121. The van der Waals surface area contributed by atoms with Crippen LogP contribution in [-0.4, -0.2) is 5.91 Å². The predicted octanol–water partition coefficient (Wildman–Crippen LogP) is 0.722. The van der Waals surface area contributed by atoms with Gasteiger partial charge in [0.1, 0.15) is 0 Å². The van der Waals surface area contributed by atoms with E-state index in [0.717, 1.165) is 6.42 Å². The zero-order valence-electron chi connectivity index (χ0n) is 5.35. The Morgan fingerprint density at radius 1 is 1.88 bits per heavy atom. The van der Waals surface area contributed by atoms with Crippen LogP contribution in [0.2, 0.25) is 0 Å². The van der Waals surface area contributed by atoms with Crippen LogP contribution in [0.1, 0.15) is 20.3 Å². The third-order valence-electron chi connectivity index (χ3n) is 1.07. The van der Waals surface area contributed by atoms with E-state index in [4.69, 9.17) is 5.73 Å². The van der Waals surface area contributed by atoms with Gasteiger partial charge in [0.15, 0.2) is 0 Å². The van der Waals surface area contributed by atoms with Gasteiger partial charge in [0.2, 0.25) is 5.91 Å². The molecule has 2 heteroatoms. The van der Waals surface area contributed by atoms with E-state index in [-0.39, 0.29) is 11.8 Å². The molecule has 1 atom stereocenters. The molecule has 47 valence electrons. The Morgan fingerprint density at radius 2 is 2.38 bits per heavy atom. The van der Waals surface area contributed by atoms with E-state index in [0.29, 0.717) is 0 Å². The molecule has 0 saturated carbocycles. The number of hydrogen-bond acceptors (Lipinski definition) is 1. The van der Waals surface area contributed by atoms with Gasteiger partial charge in [-0.25, -0.2) is 0 Å². The quantitative estimate of drug-likeness (QED) is 0.577. The lowest BCUT2D eigenvalue weighted by atomic mass is 10.1. The van der Waals surface area contributed by atoms with Gasteiger partial charge in [0.05, 0.1) is 0 Å². The number of hydrogen-bond donors (Lipinski definition) is 1. The summed E-state index contributed by atoms with van der Waals surface area (Å²) in [5.74, 6) is -0.219. The lowest BCUT2D eigenvalue weighted by Crippen LogP contribution is -2.20. The van der Waals surface area contributed by atoms with Gasteiger partial charge < -0.3 is 5.73 Å². The fourth-order valence-electron chi connectivity index (χ4n) is 0.470. The van der Waals surface area contributed by atoms with Crippen LogP contribution in [-0.2, 0) is 4.79 Å². The van der Waals surface area contributed by atoms with E-state index >= 15 is 0 Å². The Labute approximate surface area is 50.1 Å². The van der Waals surface area contributed by atoms with Gasteiger partial charge in [-0.15, -0.1) is 0 Å². The van der Waals surface area contributed by atoms with E-state index in [1.165, 1.54) is 0 Å². The average molecular weight is 114 g/mol. The van der Waals surface area contributed by atoms with Crippen LogP contribution < -0.4 is 5.73 Å². The van der Waals surface area contributed by atoms with Crippen molar-refractivity contribution < 1.29 is 4.79 Å². The van der Waals surface area contributed by atoms with Crippen LogP contribution in [0, 0.1) is 12.3 Å². The summed E-state index contributed by atoms with van der Waals surface area (Å²) >= 11 is 0. The average Bonchev–Trinajstić information content (AvgIpc) is 1.67. The molecule has 0 fully saturated rings. The van der Waals surface area contributed by atoms with Crippen molar-refractivity contribution in [3.05, 3.63) is 6.42 Å². The van der Waals surface area contributed by atoms with Crippen molar-refractivity contribution >= 4 is 5.91 Å². The highest BCUT2D eigenvalue weighted by molar-refractivity contribution is 5.76. The van der Waals surface area contributed by atoms with Crippen LogP contribution in [0.15, 0.2) is 0 Å². The molecule has 1 radical (unpaired) electrons. The highest BCUT2D eigenvalue weighted by Gasteiger charge is 2.04. The molecular formula is C6H12NO. The van der Waals surface area contributed by atoms with E-state index in [1.54, 1.807) is 0 Å². The molecule has 0 rings (SSSR count). The SMILES string of the molecule is C[CH]CC(C)C(N)=O. The fourth-order valence-corrected chi connectivity index (χ4v) is 0.470. The number of carbonyl (C=O) groups is 1. The zero-order chi connectivity index (χ0) is 6.57. The molecule has 0 aliphatic heterocycles. The molecule has 0 aromatic heterocycles. The standard InChI is InChI=1S/C6H12NO/c1-3-4-5(2)6(7)8/h3,5H,4H2,1-2H3,(H2,7,8). The number of rotatable bonds is 3. The summed E-state index contributed by atoms with van der Waals surface area (Å²) < 4.78 is 0. The monoisotopic (exact) mass is 114 g/mol. The normalized spacial score (nSPS) is 13.2. The molecule has 2 nitrogen and oxygen atoms in total. The molecule has 0 aromatic rings. The molecule has 0 aliphatic carbocycles. The molecule has 0 aromatic carbocycles. The predicted molar refractivity (Wildman–Crippen MR) is 32.9 cm³/mol. The molecule has 0 aliphatic rings. The number of amides is 1. The summed E-state index contributed by atoms with van der Waals surface area (Å²) in [5.41, 5.74) is 4.96. The van der Waals surface area contributed by atoms with Crippen molar-refractivity contribution in [3.63, 3.8) is 0 Å². The highest BCUT2D eigenvalue weighted by Crippen LogP contribution is 2.01. The Balaban J connectivity index is 3.32. The largest absolute Gasteiger partial charge is 0.369 e. The second-order valence-corrected chi connectivity index (χ2v) is 1.95. The van der Waals surface area contributed by atoms with Crippen molar-refractivity contribution in [1.29, 1.82) is 0 Å². The molecule has 0 bridgehead atoms. The van der Waals surface area contributed by atoms with E-state index in [9.17, 15) is 4.79 Å². The molecule has 2 N–H and O–H groups in total. The number of nitrogens with two attached hydrogens (primary N) is 1. The summed E-state index contributed by atoms with van der Waals surface area (Å²) in [7, 11) is 0. The van der Waals surface area contributed by atoms with Gasteiger partial charge in [0.25, 0.3) is 0 Å². The summed E-state index contributed by atoms with van der Waals surface area (Å²) in [4.78, 5) is 10.3. The summed E-state index contributed by atoms with van der Waals surface area (Å²) in [5, 5.41) is 0. The van der Waals surface area contributed by atoms with Gasteiger partial charge in [0, 0.05) is 5.92 Å². The minimum atomic E-state index is -0.219. The Kier molecular flexibility index (Phi) is 3.24. The summed E-state index contributed by atoms with van der Waals surface area (Å²) in [6, 6.07) is 0. The maximum atomic E-state index is 10.3. The van der Waals surface area contributed by atoms with Crippen LogP contribution in [0.25, 0.3) is 0 Å². The van der Waals surface area contributed by atoms with E-state index in [1.807, 2.05) is 20.3 Å². The molecule has 1 unspecified atom stereocenters. The minimum Gasteiger partial charge on any atom is -0.369 e. The smallest absolute Gasteiger partial charge is 0.220 e. The zero-order valence-corrected chi connectivity index (χ0v) is 5.35. The Morgan fingerprint density at radius 3 is 2.50 bits per heavy atom. The first-order valence-corrected chi connectivity index (χ1v) is 2.75. The van der Waals surface area contributed by atoms with Crippen molar-refractivity contribution in [2.75, 3.05) is 0 Å². The second kappa shape index (κ2) is 3.47. The van der Waals surface area contributed by atoms with E-state index < -0.39 is 0 Å². The fraction of sp³-hybridized carbons (Fsp3) is 0.667. The van der Waals surface area contributed by atoms with Crippen molar-refractivity contribution in [2.24, 2.45) is 11.7 Å².